The van der Waals surface area contributed by atoms with Crippen LogP contribution in [0.2, 0.25) is 5.02 Å². The van der Waals surface area contributed by atoms with E-state index < -0.39 is 0 Å². The number of aromatic nitrogens is 1. The predicted molar refractivity (Wildman–Crippen MR) is 86.7 cm³/mol. The Morgan fingerprint density at radius 2 is 2.14 bits per heavy atom. The van der Waals surface area contributed by atoms with E-state index in [0.29, 0.717) is 10.9 Å². The van der Waals surface area contributed by atoms with Crippen molar-refractivity contribution in [2.45, 2.75) is 19.3 Å². The summed E-state index contributed by atoms with van der Waals surface area (Å²) in [4.78, 5) is 2.58. The topological polar surface area (TPSA) is 52.0 Å². The second-order valence-electron chi connectivity index (χ2n) is 5.19. The molecule has 3 nitrogen and oxygen atoms in total. The average Bonchev–Trinajstić information content (AvgIpc) is 3.11. The molecular weight excluding hydrogens is 304 g/mol. The Bertz CT molecular complexity index is 800. The second kappa shape index (κ2) is 4.90. The molecule has 0 aliphatic heterocycles. The standard InChI is InChI=1S/C16H13ClN2OS/c17-11-5-1-4-10(7-11)14-15(19-20-16(14)18)13-8-9-3-2-6-12(9)21-13/h1,4-5,7-8H,2-3,6,18H2. The van der Waals surface area contributed by atoms with Gasteiger partial charge in [-0.15, -0.1) is 11.3 Å². The summed E-state index contributed by atoms with van der Waals surface area (Å²) in [5, 5.41) is 4.85. The molecule has 106 valence electrons. The summed E-state index contributed by atoms with van der Waals surface area (Å²) in [5.41, 5.74) is 10.0. The molecule has 0 unspecified atom stereocenters. The molecule has 0 fully saturated rings. The number of hydrogen-bond acceptors (Lipinski definition) is 4. The van der Waals surface area contributed by atoms with Crippen LogP contribution in [0.25, 0.3) is 21.7 Å². The van der Waals surface area contributed by atoms with Crippen LogP contribution in [0.15, 0.2) is 34.9 Å². The highest BCUT2D eigenvalue weighted by Crippen LogP contribution is 2.42. The van der Waals surface area contributed by atoms with E-state index in [1.54, 1.807) is 11.3 Å². The van der Waals surface area contributed by atoms with E-state index in [2.05, 4.69) is 11.2 Å². The highest BCUT2D eigenvalue weighted by Gasteiger charge is 2.22. The monoisotopic (exact) mass is 316 g/mol. The first-order valence-corrected chi connectivity index (χ1v) is 8.05. The number of hydrogen-bond donors (Lipinski definition) is 1. The smallest absolute Gasteiger partial charge is 0.230 e. The molecule has 21 heavy (non-hydrogen) atoms. The van der Waals surface area contributed by atoms with E-state index in [9.17, 15) is 0 Å². The molecule has 0 atom stereocenters. The molecule has 0 spiro atoms. The first-order chi connectivity index (χ1) is 10.2. The molecule has 1 aliphatic rings. The molecule has 0 amide bonds. The Balaban J connectivity index is 1.86. The highest BCUT2D eigenvalue weighted by atomic mass is 35.5. The molecule has 4 rings (SSSR count). The van der Waals surface area contributed by atoms with Gasteiger partial charge in [0.05, 0.1) is 10.4 Å². The van der Waals surface area contributed by atoms with Crippen molar-refractivity contribution in [1.82, 2.24) is 5.16 Å². The Morgan fingerprint density at radius 3 is 2.95 bits per heavy atom. The van der Waals surface area contributed by atoms with Crippen molar-refractivity contribution in [3.8, 4) is 21.7 Å². The fraction of sp³-hybridized carbons (Fsp3) is 0.188. The maximum absolute atomic E-state index is 6.08. The first-order valence-electron chi connectivity index (χ1n) is 6.85. The van der Waals surface area contributed by atoms with Crippen LogP contribution in [-0.4, -0.2) is 5.16 Å². The zero-order valence-electron chi connectivity index (χ0n) is 11.2. The SMILES string of the molecule is Nc1onc(-c2cc3c(s2)CCC3)c1-c1cccc(Cl)c1. The van der Waals surface area contributed by atoms with Gasteiger partial charge in [-0.1, -0.05) is 28.9 Å². The Morgan fingerprint density at radius 1 is 1.24 bits per heavy atom. The van der Waals surface area contributed by atoms with Gasteiger partial charge in [-0.25, -0.2) is 0 Å². The van der Waals surface area contributed by atoms with Gasteiger partial charge in [0.25, 0.3) is 0 Å². The summed E-state index contributed by atoms with van der Waals surface area (Å²) in [6.07, 6.45) is 3.58. The van der Waals surface area contributed by atoms with E-state index in [1.807, 2.05) is 24.3 Å². The highest BCUT2D eigenvalue weighted by molar-refractivity contribution is 7.15. The van der Waals surface area contributed by atoms with Crippen molar-refractivity contribution in [1.29, 1.82) is 0 Å². The molecule has 0 bridgehead atoms. The summed E-state index contributed by atoms with van der Waals surface area (Å²) >= 11 is 7.87. The molecule has 2 heterocycles. The maximum atomic E-state index is 6.08. The van der Waals surface area contributed by atoms with Crippen molar-refractivity contribution >= 4 is 28.8 Å². The summed E-state index contributed by atoms with van der Waals surface area (Å²) < 4.78 is 5.24. The molecule has 0 saturated carbocycles. The number of aryl methyl sites for hydroxylation is 2. The minimum Gasteiger partial charge on any atom is -0.367 e. The first kappa shape index (κ1) is 12.9. The lowest BCUT2D eigenvalue weighted by atomic mass is 10.0. The van der Waals surface area contributed by atoms with Crippen LogP contribution in [0.4, 0.5) is 5.88 Å². The van der Waals surface area contributed by atoms with E-state index in [1.165, 1.54) is 23.3 Å². The molecule has 1 aromatic carbocycles. The minimum atomic E-state index is 0.334. The fourth-order valence-electron chi connectivity index (χ4n) is 2.84. The van der Waals surface area contributed by atoms with Crippen molar-refractivity contribution in [3.05, 3.63) is 45.8 Å². The average molecular weight is 317 g/mol. The molecule has 2 aromatic heterocycles. The zero-order valence-corrected chi connectivity index (χ0v) is 12.8. The van der Waals surface area contributed by atoms with Crippen LogP contribution >= 0.6 is 22.9 Å². The number of nitrogen functional groups attached to an aromatic ring is 1. The second-order valence-corrected chi connectivity index (χ2v) is 6.77. The third-order valence-corrected chi connectivity index (χ3v) is 5.29. The lowest BCUT2D eigenvalue weighted by Crippen LogP contribution is -1.87. The van der Waals surface area contributed by atoms with Gasteiger partial charge in [-0.2, -0.15) is 0 Å². The van der Waals surface area contributed by atoms with E-state index in [-0.39, 0.29) is 0 Å². The van der Waals surface area contributed by atoms with Crippen LogP contribution in [0.5, 0.6) is 0 Å². The number of nitrogens with two attached hydrogens (primary N) is 1. The predicted octanol–water partition coefficient (Wildman–Crippen LogP) is 4.79. The lowest BCUT2D eigenvalue weighted by Gasteiger charge is -2.02. The molecule has 3 aromatic rings. The zero-order chi connectivity index (χ0) is 14.4. The molecular formula is C16H13ClN2OS. The van der Waals surface area contributed by atoms with Crippen LogP contribution in [-0.2, 0) is 12.8 Å². The molecule has 2 N–H and O–H groups in total. The molecule has 0 radical (unpaired) electrons. The Hall–Kier alpha value is -1.78. The van der Waals surface area contributed by atoms with Crippen molar-refractivity contribution in [2.75, 3.05) is 5.73 Å². The van der Waals surface area contributed by atoms with Gasteiger partial charge in [0.2, 0.25) is 5.88 Å². The van der Waals surface area contributed by atoms with Gasteiger partial charge in [0.1, 0.15) is 5.69 Å². The number of halogens is 1. The summed E-state index contributed by atoms with van der Waals surface area (Å²) in [6, 6.07) is 9.82. The van der Waals surface area contributed by atoms with Gasteiger partial charge in [0.15, 0.2) is 0 Å². The molecule has 5 heteroatoms. The van der Waals surface area contributed by atoms with Crippen LogP contribution in [0.1, 0.15) is 16.9 Å². The Labute approximate surface area is 131 Å². The summed E-state index contributed by atoms with van der Waals surface area (Å²) in [5.74, 6) is 0.334. The number of thiophene rings is 1. The summed E-state index contributed by atoms with van der Waals surface area (Å²) in [7, 11) is 0. The van der Waals surface area contributed by atoms with Gasteiger partial charge < -0.3 is 10.3 Å². The van der Waals surface area contributed by atoms with E-state index in [4.69, 9.17) is 21.9 Å². The normalized spacial score (nSPS) is 13.6. The number of fused-ring (bicyclic) bond motifs is 1. The van der Waals surface area contributed by atoms with Crippen molar-refractivity contribution in [2.24, 2.45) is 0 Å². The van der Waals surface area contributed by atoms with Crippen molar-refractivity contribution in [3.63, 3.8) is 0 Å². The largest absolute Gasteiger partial charge is 0.367 e. The van der Waals surface area contributed by atoms with Gasteiger partial charge in [-0.3, -0.25) is 0 Å². The quantitative estimate of drug-likeness (QED) is 0.739. The third-order valence-electron chi connectivity index (χ3n) is 3.81. The third kappa shape index (κ3) is 2.15. The van der Waals surface area contributed by atoms with Gasteiger partial charge in [-0.05, 0) is 48.6 Å². The fourth-order valence-corrected chi connectivity index (χ4v) is 4.27. The minimum absolute atomic E-state index is 0.334. The van der Waals surface area contributed by atoms with E-state index >= 15 is 0 Å². The number of nitrogens with zero attached hydrogens (tertiary/aromatic N) is 1. The van der Waals surface area contributed by atoms with E-state index in [0.717, 1.165) is 28.1 Å². The van der Waals surface area contributed by atoms with Crippen LogP contribution < -0.4 is 5.73 Å². The maximum Gasteiger partial charge on any atom is 0.230 e. The number of rotatable bonds is 2. The number of anilines is 1. The number of benzene rings is 1. The van der Waals surface area contributed by atoms with Gasteiger partial charge >= 0.3 is 0 Å². The van der Waals surface area contributed by atoms with Crippen molar-refractivity contribution < 1.29 is 4.52 Å². The van der Waals surface area contributed by atoms with Crippen LogP contribution in [0.3, 0.4) is 0 Å². The lowest BCUT2D eigenvalue weighted by molar-refractivity contribution is 0.439. The van der Waals surface area contributed by atoms with Crippen LogP contribution in [0, 0.1) is 0 Å². The summed E-state index contributed by atoms with van der Waals surface area (Å²) in [6.45, 7) is 0. The molecule has 0 saturated heterocycles. The molecule has 1 aliphatic carbocycles. The Kier molecular flexibility index (Phi) is 3.01. The van der Waals surface area contributed by atoms with Gasteiger partial charge in [0, 0.05) is 9.90 Å².